The molecule has 0 aromatic heterocycles. The minimum absolute atomic E-state index is 0.0189. The van der Waals surface area contributed by atoms with E-state index in [1.807, 2.05) is 0 Å². The Bertz CT molecular complexity index is 1210. The summed E-state index contributed by atoms with van der Waals surface area (Å²) in [5.41, 5.74) is 0. The second-order valence-corrected chi connectivity index (χ2v) is 17.9. The first-order chi connectivity index (χ1) is 31.3. The van der Waals surface area contributed by atoms with Gasteiger partial charge in [-0.05, 0) is 77.0 Å². The van der Waals surface area contributed by atoms with Crippen molar-refractivity contribution < 1.29 is 34.1 Å². The van der Waals surface area contributed by atoms with E-state index in [2.05, 4.69) is 73.1 Å². The van der Waals surface area contributed by atoms with E-state index in [4.69, 9.17) is 14.9 Å². The number of aliphatic hydroxyl groups is 1. The summed E-state index contributed by atoms with van der Waals surface area (Å²) >= 11 is 0. The van der Waals surface area contributed by atoms with Gasteiger partial charge >= 0.3 is 11.9 Å². The van der Waals surface area contributed by atoms with Gasteiger partial charge in [-0.1, -0.05) is 210 Å². The summed E-state index contributed by atoms with van der Waals surface area (Å²) in [5.74, 6) is -2.29. The van der Waals surface area contributed by atoms with Crippen molar-refractivity contribution in [2.75, 3.05) is 13.2 Å². The van der Waals surface area contributed by atoms with Crippen LogP contribution < -0.4 is 10.6 Å². The lowest BCUT2D eigenvalue weighted by molar-refractivity contribution is -0.150. The number of nitrogens with one attached hydrogen (secondary N) is 2. The molecule has 0 bridgehead atoms. The maximum atomic E-state index is 12.9. The molecule has 0 rings (SSSR count). The summed E-state index contributed by atoms with van der Waals surface area (Å²) in [6, 6.07) is -1.38. The van der Waals surface area contributed by atoms with Gasteiger partial charge in [-0.25, -0.2) is 4.79 Å². The number of amides is 2. The summed E-state index contributed by atoms with van der Waals surface area (Å²) in [6.45, 7) is 3.40. The first kappa shape index (κ1) is 60.8. The maximum absolute atomic E-state index is 12.9. The standard InChI is InChI=1S/C55H98N2O7/c1-3-5-7-9-11-13-15-17-19-20-21-22-23-24-26-28-30-32-34-39-43-47-54(61)64-50(44-40-36-33-31-29-27-25-18-16-14-12-10-8-6-4-2)45-41-37-35-38-42-46-52(59)56-48-53(60)57-51(49-58)55(62)63/h5,7,11,13,17,19,21-22,50-51,58H,3-4,6,8-10,12,14-16,18,20,23-49H2,1-2H3,(H,56,59)(H,57,60)(H,62,63)/b7-5-,13-11-,19-17-,22-21-. The van der Waals surface area contributed by atoms with Crippen molar-refractivity contribution in [3.63, 3.8) is 0 Å². The normalized spacial score (nSPS) is 12.8. The average molecular weight is 899 g/mol. The van der Waals surface area contributed by atoms with E-state index in [9.17, 15) is 19.2 Å². The Balaban J connectivity index is 4.29. The van der Waals surface area contributed by atoms with Crippen LogP contribution in [0.3, 0.4) is 0 Å². The van der Waals surface area contributed by atoms with Crippen molar-refractivity contribution in [3.05, 3.63) is 48.6 Å². The number of aliphatic hydroxyl groups excluding tert-OH is 1. The maximum Gasteiger partial charge on any atom is 0.328 e. The highest BCUT2D eigenvalue weighted by Gasteiger charge is 2.19. The predicted octanol–water partition coefficient (Wildman–Crippen LogP) is 14.3. The fourth-order valence-electron chi connectivity index (χ4n) is 7.83. The minimum Gasteiger partial charge on any atom is -0.480 e. The second-order valence-electron chi connectivity index (χ2n) is 17.9. The lowest BCUT2D eigenvalue weighted by atomic mass is 10.0. The molecule has 0 fully saturated rings. The SMILES string of the molecule is CC/C=C\C/C=C\C/C=C\C/C=C\CCCCCCCCCCC(=O)OC(CCCCCCCCCCCCCCCCC)CCCCCCCC(=O)NCC(=O)NC(CO)C(=O)O. The van der Waals surface area contributed by atoms with Gasteiger partial charge < -0.3 is 25.6 Å². The first-order valence-corrected chi connectivity index (χ1v) is 26.5. The number of aliphatic carboxylic acids is 1. The highest BCUT2D eigenvalue weighted by molar-refractivity contribution is 5.87. The first-order valence-electron chi connectivity index (χ1n) is 26.5. The molecule has 64 heavy (non-hydrogen) atoms. The molecule has 0 aromatic carbocycles. The third-order valence-electron chi connectivity index (χ3n) is 11.8. The third kappa shape index (κ3) is 45.4. The molecule has 0 aliphatic rings. The number of unbranched alkanes of at least 4 members (excludes halogenated alkanes) is 26. The zero-order valence-electron chi connectivity index (χ0n) is 41.3. The molecule has 0 saturated heterocycles. The van der Waals surface area contributed by atoms with E-state index < -0.39 is 24.5 Å². The fourth-order valence-corrected chi connectivity index (χ4v) is 7.83. The fraction of sp³-hybridized carbons (Fsp3) is 0.782. The molecule has 0 heterocycles. The Hall–Kier alpha value is -3.20. The zero-order chi connectivity index (χ0) is 46.8. The highest BCUT2D eigenvalue weighted by Crippen LogP contribution is 2.19. The molecular formula is C55H98N2O7. The average Bonchev–Trinajstić information content (AvgIpc) is 3.28. The number of carbonyl (C=O) groups excluding carboxylic acids is 3. The van der Waals surface area contributed by atoms with Crippen LogP contribution in [-0.4, -0.2) is 59.3 Å². The van der Waals surface area contributed by atoms with Crippen LogP contribution >= 0.6 is 0 Å². The summed E-state index contributed by atoms with van der Waals surface area (Å²) in [7, 11) is 0. The van der Waals surface area contributed by atoms with Crippen LogP contribution in [0.15, 0.2) is 48.6 Å². The molecule has 4 N–H and O–H groups in total. The molecule has 9 nitrogen and oxygen atoms in total. The number of esters is 1. The molecule has 0 aliphatic heterocycles. The predicted molar refractivity (Wildman–Crippen MR) is 268 cm³/mol. The molecule has 9 heteroatoms. The molecular weight excluding hydrogens is 801 g/mol. The van der Waals surface area contributed by atoms with Gasteiger partial charge in [0.1, 0.15) is 12.1 Å². The van der Waals surface area contributed by atoms with Gasteiger partial charge in [0, 0.05) is 12.8 Å². The highest BCUT2D eigenvalue weighted by atomic mass is 16.5. The summed E-state index contributed by atoms with van der Waals surface area (Å²) in [5, 5.41) is 22.6. The van der Waals surface area contributed by atoms with Crippen molar-refractivity contribution in [3.8, 4) is 0 Å². The largest absolute Gasteiger partial charge is 0.480 e. The van der Waals surface area contributed by atoms with Gasteiger partial charge in [0.05, 0.1) is 13.2 Å². The van der Waals surface area contributed by atoms with E-state index in [1.54, 1.807) is 0 Å². The Labute approximate surface area is 392 Å². The number of hydrogen-bond donors (Lipinski definition) is 4. The number of carbonyl (C=O) groups is 4. The van der Waals surface area contributed by atoms with Crippen LogP contribution in [0.5, 0.6) is 0 Å². The van der Waals surface area contributed by atoms with E-state index in [0.29, 0.717) is 19.3 Å². The quantitative estimate of drug-likeness (QED) is 0.0271. The lowest BCUT2D eigenvalue weighted by Gasteiger charge is -2.18. The molecule has 0 spiro atoms. The second kappa shape index (κ2) is 49.2. The van der Waals surface area contributed by atoms with E-state index >= 15 is 0 Å². The third-order valence-corrected chi connectivity index (χ3v) is 11.8. The van der Waals surface area contributed by atoms with Gasteiger partial charge in [-0.3, -0.25) is 14.4 Å². The van der Waals surface area contributed by atoms with Gasteiger partial charge in [0.25, 0.3) is 0 Å². The Morgan fingerprint density at radius 1 is 0.484 bits per heavy atom. The van der Waals surface area contributed by atoms with Crippen LogP contribution in [0.1, 0.15) is 251 Å². The van der Waals surface area contributed by atoms with Crippen LogP contribution in [0.4, 0.5) is 0 Å². The number of rotatable bonds is 48. The van der Waals surface area contributed by atoms with Gasteiger partial charge in [-0.15, -0.1) is 0 Å². The van der Waals surface area contributed by atoms with Crippen molar-refractivity contribution >= 4 is 23.8 Å². The Morgan fingerprint density at radius 2 is 0.891 bits per heavy atom. The topological polar surface area (TPSA) is 142 Å². The molecule has 2 amide bonds. The summed E-state index contributed by atoms with van der Waals surface area (Å²) < 4.78 is 6.08. The lowest BCUT2D eigenvalue weighted by Crippen LogP contribution is -2.47. The van der Waals surface area contributed by atoms with Crippen molar-refractivity contribution in [2.24, 2.45) is 0 Å². The van der Waals surface area contributed by atoms with Crippen LogP contribution in [0, 0.1) is 0 Å². The van der Waals surface area contributed by atoms with Gasteiger partial charge in [0.15, 0.2) is 0 Å². The van der Waals surface area contributed by atoms with Crippen LogP contribution in [0.2, 0.25) is 0 Å². The van der Waals surface area contributed by atoms with Crippen LogP contribution in [-0.2, 0) is 23.9 Å². The van der Waals surface area contributed by atoms with Gasteiger partial charge in [-0.2, -0.15) is 0 Å². The number of ether oxygens (including phenoxy) is 1. The van der Waals surface area contributed by atoms with E-state index in [1.165, 1.54) is 135 Å². The number of hydrogen-bond acceptors (Lipinski definition) is 6. The van der Waals surface area contributed by atoms with Crippen molar-refractivity contribution in [1.29, 1.82) is 0 Å². The Morgan fingerprint density at radius 3 is 1.34 bits per heavy atom. The smallest absolute Gasteiger partial charge is 0.328 e. The minimum atomic E-state index is -1.38. The van der Waals surface area contributed by atoms with E-state index in [0.717, 1.165) is 83.5 Å². The molecule has 0 saturated carbocycles. The monoisotopic (exact) mass is 899 g/mol. The van der Waals surface area contributed by atoms with Crippen molar-refractivity contribution in [1.82, 2.24) is 10.6 Å². The summed E-state index contributed by atoms with van der Waals surface area (Å²) in [6.07, 6.45) is 60.0. The van der Waals surface area contributed by atoms with Gasteiger partial charge in [0.2, 0.25) is 11.8 Å². The zero-order valence-corrected chi connectivity index (χ0v) is 41.3. The number of allylic oxidation sites excluding steroid dienone is 8. The number of carboxylic acids is 1. The molecule has 0 aliphatic carbocycles. The summed E-state index contributed by atoms with van der Waals surface area (Å²) in [4.78, 5) is 47.9. The number of carboxylic acid groups (broad SMARTS) is 1. The molecule has 0 radical (unpaired) electrons. The van der Waals surface area contributed by atoms with Crippen LogP contribution in [0.25, 0.3) is 0 Å². The molecule has 2 unspecified atom stereocenters. The van der Waals surface area contributed by atoms with E-state index in [-0.39, 0.29) is 24.5 Å². The Kier molecular flexibility index (Phi) is 46.8. The molecule has 2 atom stereocenters. The van der Waals surface area contributed by atoms with Crippen molar-refractivity contribution in [2.45, 2.75) is 264 Å². The molecule has 370 valence electrons. The molecule has 0 aromatic rings.